The van der Waals surface area contributed by atoms with E-state index >= 15 is 0 Å². The fourth-order valence-corrected chi connectivity index (χ4v) is 3.46. The lowest BCUT2D eigenvalue weighted by molar-refractivity contribution is -0.122. The molecule has 1 atom stereocenters. The summed E-state index contributed by atoms with van der Waals surface area (Å²) in [6.45, 7) is 1.88. The molecule has 0 aliphatic rings. The third-order valence-electron chi connectivity index (χ3n) is 4.37. The molecule has 9 nitrogen and oxygen atoms in total. The van der Waals surface area contributed by atoms with Gasteiger partial charge in [-0.15, -0.1) is 5.10 Å². The van der Waals surface area contributed by atoms with Gasteiger partial charge >= 0.3 is 6.09 Å². The SMILES string of the molecule is CCC(NC(=O)OCc1ccccc1)C(=O)Cn1nnnc1Sc1ccc(OC)cc1. The van der Waals surface area contributed by atoms with Crippen molar-refractivity contribution in [3.05, 3.63) is 60.2 Å². The second kappa shape index (κ2) is 11.1. The van der Waals surface area contributed by atoms with Gasteiger partial charge in [0.2, 0.25) is 5.16 Å². The maximum Gasteiger partial charge on any atom is 0.408 e. The summed E-state index contributed by atoms with van der Waals surface area (Å²) in [4.78, 5) is 25.7. The van der Waals surface area contributed by atoms with Crippen LogP contribution in [0.15, 0.2) is 64.6 Å². The maximum absolute atomic E-state index is 12.7. The van der Waals surface area contributed by atoms with Crippen molar-refractivity contribution in [2.45, 2.75) is 42.6 Å². The third-order valence-corrected chi connectivity index (χ3v) is 5.36. The molecule has 1 heterocycles. The van der Waals surface area contributed by atoms with Crippen molar-refractivity contribution in [3.63, 3.8) is 0 Å². The lowest BCUT2D eigenvalue weighted by Gasteiger charge is -2.16. The van der Waals surface area contributed by atoms with E-state index in [9.17, 15) is 9.59 Å². The van der Waals surface area contributed by atoms with Crippen LogP contribution in [-0.2, 0) is 22.7 Å². The topological polar surface area (TPSA) is 108 Å². The molecule has 0 radical (unpaired) electrons. The zero-order valence-corrected chi connectivity index (χ0v) is 18.0. The molecule has 10 heteroatoms. The van der Waals surface area contributed by atoms with E-state index in [4.69, 9.17) is 9.47 Å². The summed E-state index contributed by atoms with van der Waals surface area (Å²) in [6.07, 6.45) is -0.226. The Hall–Kier alpha value is -3.40. The summed E-state index contributed by atoms with van der Waals surface area (Å²) >= 11 is 1.33. The van der Waals surface area contributed by atoms with Crippen LogP contribution in [0.25, 0.3) is 0 Å². The predicted octanol–water partition coefficient (Wildman–Crippen LogP) is 3.11. The number of hydrogen-bond donors (Lipinski definition) is 1. The molecule has 162 valence electrons. The number of nitrogens with zero attached hydrogens (tertiary/aromatic N) is 4. The standard InChI is InChI=1S/C21H23N5O4S/c1-3-18(22-21(28)30-14-15-7-5-4-6-8-15)19(27)13-26-20(23-24-25-26)31-17-11-9-16(29-2)10-12-17/h4-12,18H,3,13-14H2,1-2H3,(H,22,28). The highest BCUT2D eigenvalue weighted by atomic mass is 32.2. The van der Waals surface area contributed by atoms with Crippen LogP contribution in [0.2, 0.25) is 0 Å². The number of methoxy groups -OCH3 is 1. The number of ether oxygens (including phenoxy) is 2. The first kappa shape index (κ1) is 22.3. The minimum Gasteiger partial charge on any atom is -0.497 e. The molecule has 0 spiro atoms. The second-order valence-corrected chi connectivity index (χ2v) is 7.57. The highest BCUT2D eigenvalue weighted by Gasteiger charge is 2.22. The van der Waals surface area contributed by atoms with Gasteiger partial charge in [-0.05, 0) is 58.4 Å². The van der Waals surface area contributed by atoms with E-state index in [0.717, 1.165) is 16.2 Å². The molecule has 0 aliphatic heterocycles. The predicted molar refractivity (Wildman–Crippen MR) is 114 cm³/mol. The number of carbonyl (C=O) groups is 2. The molecule has 2 aromatic carbocycles. The molecular formula is C21H23N5O4S. The van der Waals surface area contributed by atoms with Gasteiger partial charge in [0.25, 0.3) is 0 Å². The monoisotopic (exact) mass is 441 g/mol. The molecule has 3 aromatic rings. The second-order valence-electron chi connectivity index (χ2n) is 6.53. The Labute approximate surface area is 184 Å². The Morgan fingerprint density at radius 1 is 1.13 bits per heavy atom. The number of alkyl carbamates (subject to hydrolysis) is 1. The quantitative estimate of drug-likeness (QED) is 0.511. The van der Waals surface area contributed by atoms with Gasteiger partial charge in [0.1, 0.15) is 18.9 Å². The first-order chi connectivity index (χ1) is 15.1. The van der Waals surface area contributed by atoms with Gasteiger partial charge in [0, 0.05) is 4.90 Å². The van der Waals surface area contributed by atoms with Crippen molar-refractivity contribution in [1.82, 2.24) is 25.5 Å². The summed E-state index contributed by atoms with van der Waals surface area (Å²) in [5.74, 6) is 0.526. The van der Waals surface area contributed by atoms with Crippen LogP contribution < -0.4 is 10.1 Å². The van der Waals surface area contributed by atoms with Crippen LogP contribution in [0.4, 0.5) is 4.79 Å². The number of ketones is 1. The summed E-state index contributed by atoms with van der Waals surface area (Å²) in [6, 6.07) is 16.0. The van der Waals surface area contributed by atoms with Gasteiger partial charge in [-0.25, -0.2) is 9.48 Å². The lowest BCUT2D eigenvalue weighted by atomic mass is 10.1. The number of nitrogens with one attached hydrogen (secondary N) is 1. The highest BCUT2D eigenvalue weighted by Crippen LogP contribution is 2.27. The number of benzene rings is 2. The van der Waals surface area contributed by atoms with Crippen LogP contribution in [-0.4, -0.2) is 45.2 Å². The van der Waals surface area contributed by atoms with Gasteiger partial charge in [0.15, 0.2) is 5.78 Å². The normalized spacial score (nSPS) is 11.5. The number of Topliss-reactive ketones (excluding diaryl/α,β-unsaturated/α-hetero) is 1. The Kier molecular flexibility index (Phi) is 7.99. The largest absolute Gasteiger partial charge is 0.497 e. The smallest absolute Gasteiger partial charge is 0.408 e. The van der Waals surface area contributed by atoms with Gasteiger partial charge in [-0.2, -0.15) is 0 Å². The van der Waals surface area contributed by atoms with E-state index in [2.05, 4.69) is 20.8 Å². The molecule has 1 amide bonds. The average Bonchev–Trinajstić information content (AvgIpc) is 3.23. The maximum atomic E-state index is 12.7. The van der Waals surface area contributed by atoms with E-state index in [0.29, 0.717) is 11.6 Å². The number of aromatic nitrogens is 4. The number of rotatable bonds is 10. The molecule has 1 unspecified atom stereocenters. The van der Waals surface area contributed by atoms with Gasteiger partial charge < -0.3 is 14.8 Å². The van der Waals surface area contributed by atoms with Crippen molar-refractivity contribution in [2.75, 3.05) is 7.11 Å². The van der Waals surface area contributed by atoms with Crippen molar-refractivity contribution in [1.29, 1.82) is 0 Å². The average molecular weight is 442 g/mol. The van der Waals surface area contributed by atoms with Crippen LogP contribution in [0.1, 0.15) is 18.9 Å². The molecule has 3 rings (SSSR count). The van der Waals surface area contributed by atoms with Gasteiger partial charge in [-0.3, -0.25) is 4.79 Å². The number of tetrazole rings is 1. The summed E-state index contributed by atoms with van der Waals surface area (Å²) in [5, 5.41) is 14.6. The summed E-state index contributed by atoms with van der Waals surface area (Å²) < 4.78 is 11.8. The summed E-state index contributed by atoms with van der Waals surface area (Å²) in [7, 11) is 1.60. The van der Waals surface area contributed by atoms with Crippen LogP contribution >= 0.6 is 11.8 Å². The molecule has 0 saturated carbocycles. The van der Waals surface area contributed by atoms with Crippen molar-refractivity contribution >= 4 is 23.6 Å². The Bertz CT molecular complexity index is 995. The highest BCUT2D eigenvalue weighted by molar-refractivity contribution is 7.99. The van der Waals surface area contributed by atoms with E-state index in [1.807, 2.05) is 61.5 Å². The lowest BCUT2D eigenvalue weighted by Crippen LogP contribution is -2.42. The summed E-state index contributed by atoms with van der Waals surface area (Å²) in [5.41, 5.74) is 0.867. The molecule has 0 fully saturated rings. The molecule has 31 heavy (non-hydrogen) atoms. The van der Waals surface area contributed by atoms with Crippen molar-refractivity contribution < 1.29 is 19.1 Å². The molecule has 0 bridgehead atoms. The first-order valence-corrected chi connectivity index (χ1v) is 10.5. The van der Waals surface area contributed by atoms with Gasteiger partial charge in [-0.1, -0.05) is 37.3 Å². The van der Waals surface area contributed by atoms with Gasteiger partial charge in [0.05, 0.1) is 13.2 Å². The number of hydrogen-bond acceptors (Lipinski definition) is 8. The minimum atomic E-state index is -0.702. The van der Waals surface area contributed by atoms with Crippen molar-refractivity contribution in [3.8, 4) is 5.75 Å². The van der Waals surface area contributed by atoms with Crippen LogP contribution in [0, 0.1) is 0 Å². The number of amides is 1. The van der Waals surface area contributed by atoms with Crippen LogP contribution in [0.5, 0.6) is 5.75 Å². The Morgan fingerprint density at radius 3 is 2.55 bits per heavy atom. The van der Waals surface area contributed by atoms with E-state index in [1.165, 1.54) is 16.4 Å². The third kappa shape index (κ3) is 6.54. The Morgan fingerprint density at radius 2 is 1.87 bits per heavy atom. The zero-order chi connectivity index (χ0) is 22.1. The molecule has 0 aliphatic carbocycles. The fourth-order valence-electron chi connectivity index (χ4n) is 2.69. The minimum absolute atomic E-state index is 0.0665. The first-order valence-electron chi connectivity index (χ1n) is 9.67. The van der Waals surface area contributed by atoms with E-state index in [-0.39, 0.29) is 18.9 Å². The zero-order valence-electron chi connectivity index (χ0n) is 17.2. The van der Waals surface area contributed by atoms with E-state index < -0.39 is 12.1 Å². The van der Waals surface area contributed by atoms with Crippen molar-refractivity contribution in [2.24, 2.45) is 0 Å². The fraction of sp³-hybridized carbons (Fsp3) is 0.286. The molecule has 0 saturated heterocycles. The van der Waals surface area contributed by atoms with Crippen LogP contribution in [0.3, 0.4) is 0 Å². The Balaban J connectivity index is 1.55. The number of carbonyl (C=O) groups excluding carboxylic acids is 2. The molecular weight excluding hydrogens is 418 g/mol. The molecule has 1 aromatic heterocycles. The molecule has 1 N–H and O–H groups in total. The van der Waals surface area contributed by atoms with E-state index in [1.54, 1.807) is 7.11 Å².